The fraction of sp³-hybridized carbons (Fsp3) is 0.500. The predicted octanol–water partition coefficient (Wildman–Crippen LogP) is 3.59. The maximum absolute atomic E-state index is 12.7. The van der Waals surface area contributed by atoms with Gasteiger partial charge in [-0.1, -0.05) is 5.16 Å². The summed E-state index contributed by atoms with van der Waals surface area (Å²) in [6.45, 7) is 8.60. The lowest BCUT2D eigenvalue weighted by Crippen LogP contribution is -2.34. The van der Waals surface area contributed by atoms with Gasteiger partial charge in [-0.3, -0.25) is 0 Å². The molecule has 7 nitrogen and oxygen atoms in total. The molecule has 3 heterocycles. The first kappa shape index (κ1) is 17.3. The van der Waals surface area contributed by atoms with Gasteiger partial charge in [0.2, 0.25) is 0 Å². The summed E-state index contributed by atoms with van der Waals surface area (Å²) in [6.07, 6.45) is 3.55. The van der Waals surface area contributed by atoms with Crippen LogP contribution in [0.4, 0.5) is 16.3 Å². The van der Waals surface area contributed by atoms with Crippen molar-refractivity contribution >= 4 is 17.5 Å². The largest absolute Gasteiger partial charge is 0.359 e. The number of nitrogens with one attached hydrogen (secondary N) is 1. The maximum atomic E-state index is 12.7. The fourth-order valence-corrected chi connectivity index (χ4v) is 3.24. The third-order valence-electron chi connectivity index (χ3n) is 4.57. The number of carbonyl (C=O) groups excluding carboxylic acids is 1. The number of hydrogen-bond donors (Lipinski definition) is 1. The van der Waals surface area contributed by atoms with E-state index in [0.717, 1.165) is 43.2 Å². The first-order valence-corrected chi connectivity index (χ1v) is 8.84. The number of aryl methyl sites for hydroxylation is 1. The molecule has 7 heteroatoms. The van der Waals surface area contributed by atoms with Crippen LogP contribution in [0.2, 0.25) is 0 Å². The molecule has 1 aliphatic heterocycles. The average Bonchev–Trinajstić information content (AvgIpc) is 3.26. The highest BCUT2D eigenvalue weighted by Gasteiger charge is 2.32. The summed E-state index contributed by atoms with van der Waals surface area (Å²) in [4.78, 5) is 21.1. The summed E-state index contributed by atoms with van der Waals surface area (Å²) < 4.78 is 5.36. The van der Waals surface area contributed by atoms with Crippen molar-refractivity contribution in [3.05, 3.63) is 35.9 Å². The molecule has 0 saturated carbocycles. The average molecular weight is 343 g/mol. The first-order chi connectivity index (χ1) is 12.1. The highest BCUT2D eigenvalue weighted by molar-refractivity contribution is 5.89. The lowest BCUT2D eigenvalue weighted by atomic mass is 10.1. The molecule has 0 bridgehead atoms. The minimum Gasteiger partial charge on any atom is -0.359 e. The molecule has 1 fully saturated rings. The molecule has 2 aromatic rings. The van der Waals surface area contributed by atoms with E-state index in [1.54, 1.807) is 11.1 Å². The topological polar surface area (TPSA) is 74.5 Å². The number of anilines is 2. The molecule has 0 unspecified atom stereocenters. The van der Waals surface area contributed by atoms with Crippen LogP contribution in [-0.2, 0) is 0 Å². The zero-order valence-electron chi connectivity index (χ0n) is 15.0. The van der Waals surface area contributed by atoms with Crippen molar-refractivity contribution in [2.45, 2.75) is 39.7 Å². The summed E-state index contributed by atoms with van der Waals surface area (Å²) in [7, 11) is 0. The minimum atomic E-state index is -0.131. The van der Waals surface area contributed by atoms with Gasteiger partial charge in [-0.25, -0.2) is 9.78 Å². The Morgan fingerprint density at radius 1 is 1.40 bits per heavy atom. The van der Waals surface area contributed by atoms with E-state index >= 15 is 0 Å². The van der Waals surface area contributed by atoms with Crippen LogP contribution in [0.5, 0.6) is 0 Å². The van der Waals surface area contributed by atoms with Crippen molar-refractivity contribution in [3.8, 4) is 0 Å². The van der Waals surface area contributed by atoms with Crippen molar-refractivity contribution in [1.82, 2.24) is 15.0 Å². The molecule has 134 valence electrons. The molecule has 0 aliphatic carbocycles. The Bertz CT molecular complexity index is 709. The SMILES string of the molecule is CCN(CC)c1ccc(NC(=O)N2CCC[C@H]2c2cc(C)no2)cn1. The van der Waals surface area contributed by atoms with Crippen LogP contribution in [-0.4, -0.2) is 40.7 Å². The monoisotopic (exact) mass is 343 g/mol. The van der Waals surface area contributed by atoms with E-state index in [4.69, 9.17) is 4.52 Å². The maximum Gasteiger partial charge on any atom is 0.322 e. The molecule has 1 aliphatic rings. The molecule has 3 rings (SSSR count). The lowest BCUT2D eigenvalue weighted by molar-refractivity contribution is 0.195. The fourth-order valence-electron chi connectivity index (χ4n) is 3.24. The lowest BCUT2D eigenvalue weighted by Gasteiger charge is -2.23. The van der Waals surface area contributed by atoms with E-state index < -0.39 is 0 Å². The Hall–Kier alpha value is -2.57. The molecule has 0 radical (unpaired) electrons. The van der Waals surface area contributed by atoms with Crippen LogP contribution in [0.15, 0.2) is 28.9 Å². The highest BCUT2D eigenvalue weighted by atomic mass is 16.5. The Morgan fingerprint density at radius 3 is 2.80 bits per heavy atom. The summed E-state index contributed by atoms with van der Waals surface area (Å²) >= 11 is 0. The zero-order valence-corrected chi connectivity index (χ0v) is 15.0. The van der Waals surface area contributed by atoms with Gasteiger partial charge in [0.1, 0.15) is 5.82 Å². The number of carbonyl (C=O) groups is 1. The molecule has 1 N–H and O–H groups in total. The van der Waals surface area contributed by atoms with Crippen molar-refractivity contribution in [2.75, 3.05) is 29.9 Å². The summed E-state index contributed by atoms with van der Waals surface area (Å²) in [6, 6.07) is 5.54. The van der Waals surface area contributed by atoms with Gasteiger partial charge < -0.3 is 19.6 Å². The van der Waals surface area contributed by atoms with E-state index in [2.05, 4.69) is 34.2 Å². The van der Waals surface area contributed by atoms with E-state index in [1.807, 2.05) is 25.1 Å². The second-order valence-corrected chi connectivity index (χ2v) is 6.23. The van der Waals surface area contributed by atoms with Crippen LogP contribution in [0, 0.1) is 6.92 Å². The van der Waals surface area contributed by atoms with Crippen LogP contribution in [0.3, 0.4) is 0 Å². The Kier molecular flexibility index (Phi) is 5.21. The minimum absolute atomic E-state index is 0.0518. The van der Waals surface area contributed by atoms with Gasteiger partial charge in [-0.15, -0.1) is 0 Å². The molecule has 0 spiro atoms. The number of hydrogen-bond acceptors (Lipinski definition) is 5. The number of amides is 2. The molecule has 2 amide bonds. The van der Waals surface area contributed by atoms with Gasteiger partial charge in [0.15, 0.2) is 5.76 Å². The van der Waals surface area contributed by atoms with Gasteiger partial charge in [0.25, 0.3) is 0 Å². The van der Waals surface area contributed by atoms with E-state index in [9.17, 15) is 4.79 Å². The Labute approximate surface area is 148 Å². The van der Waals surface area contributed by atoms with Crippen LogP contribution >= 0.6 is 0 Å². The number of urea groups is 1. The zero-order chi connectivity index (χ0) is 17.8. The Morgan fingerprint density at radius 2 is 2.20 bits per heavy atom. The molecule has 1 saturated heterocycles. The summed E-state index contributed by atoms with van der Waals surface area (Å²) in [5, 5.41) is 6.87. The van der Waals surface area contributed by atoms with Crippen LogP contribution in [0.25, 0.3) is 0 Å². The predicted molar refractivity (Wildman–Crippen MR) is 96.7 cm³/mol. The quantitative estimate of drug-likeness (QED) is 0.898. The number of aromatic nitrogens is 2. The van der Waals surface area contributed by atoms with Crippen LogP contribution in [0.1, 0.15) is 44.2 Å². The first-order valence-electron chi connectivity index (χ1n) is 8.84. The smallest absolute Gasteiger partial charge is 0.322 e. The number of likely N-dealkylation sites (tertiary alicyclic amines) is 1. The van der Waals surface area contributed by atoms with Gasteiger partial charge in [0.05, 0.1) is 23.6 Å². The number of rotatable bonds is 5. The standard InChI is InChI=1S/C18H25N5O2/c1-4-22(5-2)17-9-8-14(12-19-17)20-18(24)23-10-6-7-15(23)16-11-13(3)21-25-16/h8-9,11-12,15H,4-7,10H2,1-3H3,(H,20,24)/t15-/m0/s1. The van der Waals surface area contributed by atoms with Gasteiger partial charge in [0, 0.05) is 25.7 Å². The summed E-state index contributed by atoms with van der Waals surface area (Å²) in [5.41, 5.74) is 1.53. The second-order valence-electron chi connectivity index (χ2n) is 6.23. The van der Waals surface area contributed by atoms with E-state index in [1.165, 1.54) is 0 Å². The summed E-state index contributed by atoms with van der Waals surface area (Å²) in [5.74, 6) is 1.67. The highest BCUT2D eigenvalue weighted by Crippen LogP contribution is 2.32. The van der Waals surface area contributed by atoms with Crippen molar-refractivity contribution in [1.29, 1.82) is 0 Å². The van der Waals surface area contributed by atoms with Crippen molar-refractivity contribution < 1.29 is 9.32 Å². The molecular weight excluding hydrogens is 318 g/mol. The molecule has 0 aromatic carbocycles. The third-order valence-corrected chi connectivity index (χ3v) is 4.57. The van der Waals surface area contributed by atoms with Gasteiger partial charge in [-0.05, 0) is 45.7 Å². The second kappa shape index (κ2) is 7.55. The van der Waals surface area contributed by atoms with E-state index in [-0.39, 0.29) is 12.1 Å². The molecule has 25 heavy (non-hydrogen) atoms. The van der Waals surface area contributed by atoms with Crippen LogP contribution < -0.4 is 10.2 Å². The molecule has 2 aromatic heterocycles. The van der Waals surface area contributed by atoms with Gasteiger partial charge in [-0.2, -0.15) is 0 Å². The molecular formula is C18H25N5O2. The van der Waals surface area contributed by atoms with Gasteiger partial charge >= 0.3 is 6.03 Å². The van der Waals surface area contributed by atoms with Crippen molar-refractivity contribution in [2.24, 2.45) is 0 Å². The number of pyridine rings is 1. The normalized spacial score (nSPS) is 16.9. The van der Waals surface area contributed by atoms with E-state index in [0.29, 0.717) is 12.2 Å². The molecule has 1 atom stereocenters. The third kappa shape index (κ3) is 3.75. The van der Waals surface area contributed by atoms with Crippen molar-refractivity contribution in [3.63, 3.8) is 0 Å². The number of nitrogens with zero attached hydrogens (tertiary/aromatic N) is 4. The Balaban J connectivity index is 1.67.